The summed E-state index contributed by atoms with van der Waals surface area (Å²) in [4.78, 5) is 44.1. The van der Waals surface area contributed by atoms with Crippen LogP contribution in [0.15, 0.2) is 72.8 Å². The molecule has 3 amide bonds. The van der Waals surface area contributed by atoms with Gasteiger partial charge in [-0.3, -0.25) is 14.5 Å². The fourth-order valence-corrected chi connectivity index (χ4v) is 5.30. The minimum atomic E-state index is -0.903. The van der Waals surface area contributed by atoms with Crippen LogP contribution in [0, 0.1) is 0 Å². The van der Waals surface area contributed by atoms with Gasteiger partial charge in [-0.25, -0.2) is 4.79 Å². The van der Waals surface area contributed by atoms with Crippen molar-refractivity contribution in [1.29, 1.82) is 0 Å². The zero-order chi connectivity index (χ0) is 30.3. The van der Waals surface area contributed by atoms with E-state index in [0.29, 0.717) is 19.6 Å². The lowest BCUT2D eigenvalue weighted by Crippen LogP contribution is -2.56. The molecule has 0 bridgehead atoms. The summed E-state index contributed by atoms with van der Waals surface area (Å²) in [5.41, 5.74) is 1.13. The zero-order valence-corrected chi connectivity index (χ0v) is 25.3. The monoisotopic (exact) mass is 573 g/mol. The predicted molar refractivity (Wildman–Crippen MR) is 164 cm³/mol. The van der Waals surface area contributed by atoms with E-state index in [1.807, 2.05) is 72.8 Å². The maximum Gasteiger partial charge on any atom is 0.410 e. The predicted octanol–water partition coefficient (Wildman–Crippen LogP) is 4.98. The van der Waals surface area contributed by atoms with Gasteiger partial charge in [-0.2, -0.15) is 0 Å². The molecule has 0 aromatic heterocycles. The van der Waals surface area contributed by atoms with E-state index in [0.717, 1.165) is 34.7 Å². The van der Waals surface area contributed by atoms with Crippen molar-refractivity contribution < 1.29 is 23.9 Å². The van der Waals surface area contributed by atoms with E-state index in [2.05, 4.69) is 5.32 Å². The first-order valence-electron chi connectivity index (χ1n) is 14.7. The third-order valence-electron chi connectivity index (χ3n) is 7.64. The summed E-state index contributed by atoms with van der Waals surface area (Å²) in [6.07, 6.45) is 1.83. The lowest BCUT2D eigenvalue weighted by molar-refractivity contribution is -0.142. The van der Waals surface area contributed by atoms with Crippen molar-refractivity contribution in [3.8, 4) is 0 Å². The van der Waals surface area contributed by atoms with Crippen LogP contribution >= 0.6 is 0 Å². The quantitative estimate of drug-likeness (QED) is 0.370. The Morgan fingerprint density at radius 1 is 0.905 bits per heavy atom. The molecule has 3 aromatic rings. The lowest BCUT2D eigenvalue weighted by atomic mass is 9.96. The van der Waals surface area contributed by atoms with E-state index in [1.165, 1.54) is 9.80 Å². The van der Waals surface area contributed by atoms with Crippen LogP contribution in [0.1, 0.15) is 44.7 Å². The highest BCUT2D eigenvalue weighted by Gasteiger charge is 2.37. The molecule has 0 aliphatic carbocycles. The molecule has 3 atom stereocenters. The summed E-state index contributed by atoms with van der Waals surface area (Å²) in [6.45, 7) is 6.46. The number of carbonyl (C=O) groups excluding carboxylic acids is 3. The molecule has 1 fully saturated rings. The lowest BCUT2D eigenvalue weighted by Gasteiger charge is -2.35. The van der Waals surface area contributed by atoms with Gasteiger partial charge >= 0.3 is 6.09 Å². The van der Waals surface area contributed by atoms with E-state index in [4.69, 9.17) is 9.47 Å². The number of carbonyl (C=O) groups is 3. The number of rotatable bonds is 10. The van der Waals surface area contributed by atoms with Crippen molar-refractivity contribution in [2.75, 3.05) is 27.2 Å². The van der Waals surface area contributed by atoms with E-state index >= 15 is 0 Å². The van der Waals surface area contributed by atoms with E-state index in [1.54, 1.807) is 34.9 Å². The third-order valence-corrected chi connectivity index (χ3v) is 7.64. The van der Waals surface area contributed by atoms with Crippen LogP contribution in [0.4, 0.5) is 4.79 Å². The third kappa shape index (κ3) is 8.10. The van der Waals surface area contributed by atoms with Gasteiger partial charge in [0, 0.05) is 40.1 Å². The highest BCUT2D eigenvalue weighted by atomic mass is 16.6. The summed E-state index contributed by atoms with van der Waals surface area (Å²) in [5.74, 6) is -0.599. The fourth-order valence-electron chi connectivity index (χ4n) is 5.30. The molecule has 8 nitrogen and oxygen atoms in total. The van der Waals surface area contributed by atoms with Gasteiger partial charge in [-0.05, 0) is 55.5 Å². The minimum absolute atomic E-state index is 0.0234. The summed E-state index contributed by atoms with van der Waals surface area (Å²) in [6, 6.07) is 21.9. The Morgan fingerprint density at radius 3 is 2.29 bits per heavy atom. The topological polar surface area (TPSA) is 88.2 Å². The molecule has 3 aromatic carbocycles. The molecular weight excluding hydrogens is 530 g/mol. The highest BCUT2D eigenvalue weighted by molar-refractivity contribution is 5.92. The van der Waals surface area contributed by atoms with E-state index in [-0.39, 0.29) is 24.3 Å². The molecular formula is C34H43N3O5. The molecule has 3 unspecified atom stereocenters. The fraction of sp³-hybridized carbons (Fsp3) is 0.441. The number of benzene rings is 3. The number of nitrogens with one attached hydrogen (secondary N) is 1. The smallest absolute Gasteiger partial charge is 0.410 e. The minimum Gasteiger partial charge on any atom is -0.444 e. The second-order valence-corrected chi connectivity index (χ2v) is 12.0. The van der Waals surface area contributed by atoms with Gasteiger partial charge in [-0.15, -0.1) is 0 Å². The van der Waals surface area contributed by atoms with Crippen LogP contribution in [0.5, 0.6) is 0 Å². The molecule has 8 heteroatoms. The van der Waals surface area contributed by atoms with Crippen molar-refractivity contribution in [2.24, 2.45) is 0 Å². The van der Waals surface area contributed by atoms with Crippen LogP contribution in [0.3, 0.4) is 0 Å². The van der Waals surface area contributed by atoms with Gasteiger partial charge < -0.3 is 19.7 Å². The largest absolute Gasteiger partial charge is 0.444 e. The van der Waals surface area contributed by atoms with Crippen molar-refractivity contribution in [3.05, 3.63) is 83.9 Å². The van der Waals surface area contributed by atoms with Gasteiger partial charge in [0.2, 0.25) is 11.8 Å². The maximum absolute atomic E-state index is 14.4. The molecule has 224 valence electrons. The second-order valence-electron chi connectivity index (χ2n) is 12.0. The Balaban J connectivity index is 1.64. The number of ether oxygens (including phenoxy) is 2. The number of hydrogen-bond donors (Lipinski definition) is 1. The van der Waals surface area contributed by atoms with Crippen LogP contribution < -0.4 is 5.32 Å². The van der Waals surface area contributed by atoms with Gasteiger partial charge in [0.1, 0.15) is 17.7 Å². The van der Waals surface area contributed by atoms with Crippen LogP contribution in [-0.2, 0) is 31.9 Å². The number of fused-ring (bicyclic) bond motifs is 1. The van der Waals surface area contributed by atoms with Crippen LogP contribution in [0.2, 0.25) is 0 Å². The Morgan fingerprint density at radius 2 is 1.60 bits per heavy atom. The summed E-state index contributed by atoms with van der Waals surface area (Å²) in [7, 11) is 3.22. The van der Waals surface area contributed by atoms with Gasteiger partial charge in [-0.1, -0.05) is 72.8 Å². The molecule has 1 saturated heterocycles. The zero-order valence-electron chi connectivity index (χ0n) is 25.3. The Hall–Kier alpha value is -3.91. The Kier molecular flexibility index (Phi) is 10.2. The molecule has 1 heterocycles. The van der Waals surface area contributed by atoms with Gasteiger partial charge in [0.25, 0.3) is 0 Å². The maximum atomic E-state index is 14.4. The van der Waals surface area contributed by atoms with Crippen molar-refractivity contribution in [2.45, 2.75) is 70.2 Å². The molecule has 0 saturated carbocycles. The first kappa shape index (κ1) is 31.0. The van der Waals surface area contributed by atoms with Crippen molar-refractivity contribution in [1.82, 2.24) is 15.1 Å². The van der Waals surface area contributed by atoms with Gasteiger partial charge in [0.15, 0.2) is 0 Å². The van der Waals surface area contributed by atoms with E-state index in [9.17, 15) is 14.4 Å². The first-order valence-corrected chi connectivity index (χ1v) is 14.7. The number of hydrogen-bond acceptors (Lipinski definition) is 5. The van der Waals surface area contributed by atoms with E-state index < -0.39 is 23.8 Å². The van der Waals surface area contributed by atoms with Crippen LogP contribution in [-0.4, -0.2) is 78.7 Å². The summed E-state index contributed by atoms with van der Waals surface area (Å²) < 4.78 is 11.4. The van der Waals surface area contributed by atoms with Gasteiger partial charge in [0.05, 0.1) is 6.10 Å². The molecule has 1 aliphatic heterocycles. The number of likely N-dealkylation sites (N-methyl/N-ethyl adjacent to an activating group) is 2. The first-order chi connectivity index (χ1) is 20.0. The molecule has 0 radical (unpaired) electrons. The molecule has 42 heavy (non-hydrogen) atoms. The average molecular weight is 574 g/mol. The van der Waals surface area contributed by atoms with Crippen LogP contribution in [0.25, 0.3) is 10.8 Å². The molecule has 0 spiro atoms. The number of amides is 3. The SMILES string of the molecule is CN(C(=O)OC(C)(C)C)C(Cc1cccc2ccccc12)C(=O)N(C)C(Cc1ccccc1)C(=O)NCC1CCCO1. The normalized spacial score (nSPS) is 16.5. The molecule has 4 rings (SSSR count). The average Bonchev–Trinajstić information content (AvgIpc) is 3.50. The van der Waals surface area contributed by atoms with Crippen molar-refractivity contribution in [3.63, 3.8) is 0 Å². The van der Waals surface area contributed by atoms with Crippen molar-refractivity contribution >= 4 is 28.7 Å². The second kappa shape index (κ2) is 13.8. The summed E-state index contributed by atoms with van der Waals surface area (Å²) >= 11 is 0. The Bertz CT molecular complexity index is 1360. The standard InChI is InChI=1S/C34H43N3O5/c1-34(2,3)42-33(40)37(5)30(22-26-17-11-16-25-15-9-10-19-28(25)26)32(39)36(4)29(21-24-13-7-6-8-14-24)31(38)35-23-27-18-12-20-41-27/h6-11,13-17,19,27,29-30H,12,18,20-23H2,1-5H3,(H,35,38). The summed E-state index contributed by atoms with van der Waals surface area (Å²) in [5, 5.41) is 5.07. The highest BCUT2D eigenvalue weighted by Crippen LogP contribution is 2.23. The molecule has 1 N–H and O–H groups in total. The molecule has 1 aliphatic rings. The Labute approximate surface area is 249 Å². The number of nitrogens with zero attached hydrogens (tertiary/aromatic N) is 2.